The molecule has 1 aromatic heterocycles. The maximum absolute atomic E-state index is 12.3. The van der Waals surface area contributed by atoms with E-state index in [0.717, 1.165) is 55.2 Å². The van der Waals surface area contributed by atoms with Gasteiger partial charge < -0.3 is 10.2 Å². The van der Waals surface area contributed by atoms with Gasteiger partial charge in [0, 0.05) is 42.9 Å². The Labute approximate surface area is 152 Å². The van der Waals surface area contributed by atoms with Crippen molar-refractivity contribution in [3.63, 3.8) is 0 Å². The summed E-state index contributed by atoms with van der Waals surface area (Å²) in [4.78, 5) is 21.2. The SMILES string of the molecule is CC1CCC(NC(=O)CN2CCN(c3ccc(Br)cn3)CC2)CC1. The summed E-state index contributed by atoms with van der Waals surface area (Å²) >= 11 is 3.42. The number of pyridine rings is 1. The molecule has 0 aromatic carbocycles. The van der Waals surface area contributed by atoms with Crippen molar-refractivity contribution in [1.29, 1.82) is 0 Å². The maximum atomic E-state index is 12.3. The van der Waals surface area contributed by atoms with Crippen molar-refractivity contribution >= 4 is 27.7 Å². The van der Waals surface area contributed by atoms with E-state index in [-0.39, 0.29) is 5.91 Å². The van der Waals surface area contributed by atoms with Crippen LogP contribution in [0.1, 0.15) is 32.6 Å². The minimum Gasteiger partial charge on any atom is -0.354 e. The lowest BCUT2D eigenvalue weighted by Crippen LogP contribution is -2.51. The summed E-state index contributed by atoms with van der Waals surface area (Å²) in [5.74, 6) is 2.02. The molecule has 0 radical (unpaired) electrons. The van der Waals surface area contributed by atoms with Gasteiger partial charge in [-0.25, -0.2) is 4.98 Å². The number of amides is 1. The minimum atomic E-state index is 0.185. The van der Waals surface area contributed by atoms with Crippen molar-refractivity contribution < 1.29 is 4.79 Å². The van der Waals surface area contributed by atoms with Crippen LogP contribution in [-0.2, 0) is 4.79 Å². The number of hydrogen-bond donors (Lipinski definition) is 1. The third kappa shape index (κ3) is 4.93. The van der Waals surface area contributed by atoms with Crippen LogP contribution < -0.4 is 10.2 Å². The predicted molar refractivity (Wildman–Crippen MR) is 100 cm³/mol. The highest BCUT2D eigenvalue weighted by atomic mass is 79.9. The highest BCUT2D eigenvalue weighted by Crippen LogP contribution is 2.23. The minimum absolute atomic E-state index is 0.185. The molecule has 0 unspecified atom stereocenters. The van der Waals surface area contributed by atoms with E-state index in [0.29, 0.717) is 12.6 Å². The molecule has 1 aliphatic carbocycles. The quantitative estimate of drug-likeness (QED) is 0.852. The van der Waals surface area contributed by atoms with Crippen LogP contribution in [0, 0.1) is 5.92 Å². The molecule has 1 N–H and O–H groups in total. The number of rotatable bonds is 4. The average molecular weight is 395 g/mol. The fraction of sp³-hybridized carbons (Fsp3) is 0.667. The van der Waals surface area contributed by atoms with Gasteiger partial charge in [-0.15, -0.1) is 0 Å². The van der Waals surface area contributed by atoms with E-state index in [1.807, 2.05) is 18.3 Å². The van der Waals surface area contributed by atoms with Crippen molar-refractivity contribution in [2.24, 2.45) is 5.92 Å². The Hall–Kier alpha value is -1.14. The second-order valence-electron chi connectivity index (χ2n) is 7.12. The zero-order valence-corrected chi connectivity index (χ0v) is 16.0. The lowest BCUT2D eigenvalue weighted by Gasteiger charge is -2.35. The number of nitrogens with one attached hydrogen (secondary N) is 1. The molecule has 6 heteroatoms. The number of aromatic nitrogens is 1. The molecule has 1 saturated carbocycles. The summed E-state index contributed by atoms with van der Waals surface area (Å²) in [6.45, 7) is 6.48. The van der Waals surface area contributed by atoms with Gasteiger partial charge in [-0.3, -0.25) is 9.69 Å². The zero-order valence-electron chi connectivity index (χ0n) is 14.4. The second kappa shape index (κ2) is 8.30. The number of hydrogen-bond acceptors (Lipinski definition) is 4. The largest absolute Gasteiger partial charge is 0.354 e. The molecule has 1 saturated heterocycles. The maximum Gasteiger partial charge on any atom is 0.234 e. The van der Waals surface area contributed by atoms with E-state index in [9.17, 15) is 4.79 Å². The van der Waals surface area contributed by atoms with Crippen LogP contribution >= 0.6 is 15.9 Å². The Balaban J connectivity index is 1.40. The molecule has 2 fully saturated rings. The van der Waals surface area contributed by atoms with Gasteiger partial charge in [0.1, 0.15) is 5.82 Å². The lowest BCUT2D eigenvalue weighted by atomic mass is 9.87. The van der Waals surface area contributed by atoms with Crippen molar-refractivity contribution in [2.75, 3.05) is 37.6 Å². The first-order chi connectivity index (χ1) is 11.6. The van der Waals surface area contributed by atoms with E-state index >= 15 is 0 Å². The number of anilines is 1. The van der Waals surface area contributed by atoms with E-state index in [1.54, 1.807) is 0 Å². The van der Waals surface area contributed by atoms with Crippen molar-refractivity contribution in [2.45, 2.75) is 38.6 Å². The number of piperazine rings is 1. The molecule has 1 aliphatic heterocycles. The smallest absolute Gasteiger partial charge is 0.234 e. The summed E-state index contributed by atoms with van der Waals surface area (Å²) in [6, 6.07) is 4.45. The molecule has 132 valence electrons. The highest BCUT2D eigenvalue weighted by molar-refractivity contribution is 9.10. The highest BCUT2D eigenvalue weighted by Gasteiger charge is 2.23. The third-order valence-corrected chi connectivity index (χ3v) is 5.63. The molecule has 3 rings (SSSR count). The molecule has 0 spiro atoms. The Morgan fingerprint density at radius 3 is 2.54 bits per heavy atom. The Bertz CT molecular complexity index is 534. The fourth-order valence-electron chi connectivity index (χ4n) is 3.57. The first kappa shape index (κ1) is 17.7. The topological polar surface area (TPSA) is 48.5 Å². The van der Waals surface area contributed by atoms with E-state index in [4.69, 9.17) is 0 Å². The normalized spacial score (nSPS) is 25.5. The van der Waals surface area contributed by atoms with E-state index in [1.165, 1.54) is 12.8 Å². The van der Waals surface area contributed by atoms with Crippen molar-refractivity contribution in [1.82, 2.24) is 15.2 Å². The van der Waals surface area contributed by atoms with Crippen LogP contribution in [0.5, 0.6) is 0 Å². The number of carbonyl (C=O) groups excluding carboxylic acids is 1. The van der Waals surface area contributed by atoms with E-state index < -0.39 is 0 Å². The standard InChI is InChI=1S/C18H27BrN4O/c1-14-2-5-16(6-3-14)21-18(24)13-22-8-10-23(11-9-22)17-7-4-15(19)12-20-17/h4,7,12,14,16H,2-3,5-6,8-11,13H2,1H3,(H,21,24). The lowest BCUT2D eigenvalue weighted by molar-refractivity contribution is -0.123. The molecule has 24 heavy (non-hydrogen) atoms. The van der Waals surface area contributed by atoms with Crippen LogP contribution in [0.3, 0.4) is 0 Å². The Morgan fingerprint density at radius 2 is 1.92 bits per heavy atom. The molecule has 2 aliphatic rings. The third-order valence-electron chi connectivity index (χ3n) is 5.16. The second-order valence-corrected chi connectivity index (χ2v) is 8.04. The van der Waals surface area contributed by atoms with Gasteiger partial charge in [-0.1, -0.05) is 6.92 Å². The van der Waals surface area contributed by atoms with Crippen LogP contribution in [0.25, 0.3) is 0 Å². The predicted octanol–water partition coefficient (Wildman–Crippen LogP) is 2.66. The molecule has 0 atom stereocenters. The average Bonchev–Trinajstić information content (AvgIpc) is 2.58. The molecule has 0 bridgehead atoms. The van der Waals surface area contributed by atoms with Crippen molar-refractivity contribution in [3.05, 3.63) is 22.8 Å². The fourth-order valence-corrected chi connectivity index (χ4v) is 3.81. The monoisotopic (exact) mass is 394 g/mol. The molecular weight excluding hydrogens is 368 g/mol. The zero-order chi connectivity index (χ0) is 16.9. The van der Waals surface area contributed by atoms with Crippen LogP contribution in [0.4, 0.5) is 5.82 Å². The number of halogens is 1. The molecule has 5 nitrogen and oxygen atoms in total. The summed E-state index contributed by atoms with van der Waals surface area (Å²) < 4.78 is 0.999. The van der Waals surface area contributed by atoms with Gasteiger partial charge in [0.15, 0.2) is 0 Å². The Kier molecular flexibility index (Phi) is 6.11. The van der Waals surface area contributed by atoms with Crippen LogP contribution in [-0.4, -0.2) is 54.6 Å². The Morgan fingerprint density at radius 1 is 1.21 bits per heavy atom. The summed E-state index contributed by atoms with van der Waals surface area (Å²) in [7, 11) is 0. The molecule has 1 amide bonds. The van der Waals surface area contributed by atoms with Gasteiger partial charge in [0.2, 0.25) is 5.91 Å². The first-order valence-corrected chi connectivity index (χ1v) is 9.77. The molecule has 2 heterocycles. The number of carbonyl (C=O) groups is 1. The van der Waals surface area contributed by atoms with Gasteiger partial charge >= 0.3 is 0 Å². The summed E-state index contributed by atoms with van der Waals surface area (Å²) in [6.07, 6.45) is 6.58. The van der Waals surface area contributed by atoms with E-state index in [2.05, 4.69) is 43.0 Å². The van der Waals surface area contributed by atoms with Gasteiger partial charge in [0.25, 0.3) is 0 Å². The summed E-state index contributed by atoms with van der Waals surface area (Å²) in [5.41, 5.74) is 0. The first-order valence-electron chi connectivity index (χ1n) is 8.98. The molecular formula is C18H27BrN4O. The van der Waals surface area contributed by atoms with Crippen molar-refractivity contribution in [3.8, 4) is 0 Å². The molecule has 1 aromatic rings. The van der Waals surface area contributed by atoms with Gasteiger partial charge in [-0.2, -0.15) is 0 Å². The number of nitrogens with zero attached hydrogens (tertiary/aromatic N) is 3. The van der Waals surface area contributed by atoms with Gasteiger partial charge in [0.05, 0.1) is 6.54 Å². The van der Waals surface area contributed by atoms with Gasteiger partial charge in [-0.05, 0) is 59.7 Å². The summed E-state index contributed by atoms with van der Waals surface area (Å²) in [5, 5.41) is 3.22. The van der Waals surface area contributed by atoms with Crippen LogP contribution in [0.15, 0.2) is 22.8 Å². The van der Waals surface area contributed by atoms with Crippen LogP contribution in [0.2, 0.25) is 0 Å².